The maximum Gasteiger partial charge on any atom is 0.260 e. The van der Waals surface area contributed by atoms with Crippen molar-refractivity contribution in [2.24, 2.45) is 0 Å². The second kappa shape index (κ2) is 6.48. The van der Waals surface area contributed by atoms with E-state index < -0.39 is 0 Å². The van der Waals surface area contributed by atoms with Crippen molar-refractivity contribution in [1.82, 2.24) is 0 Å². The van der Waals surface area contributed by atoms with Crippen LogP contribution >= 0.6 is 11.6 Å². The molecule has 2 aromatic rings. The summed E-state index contributed by atoms with van der Waals surface area (Å²) in [6.07, 6.45) is 2.27. The molecule has 0 aliphatic rings. The number of benzene rings is 1. The standard InChI is InChI=1S/C15H16ClNO3/c1-3-7-19-13-9-10(2)4-5-12(13)17-15(18)11-6-8-20-14(11)16/h4-6,8-9H,3,7H2,1-2H3,(H,17,18). The van der Waals surface area contributed by atoms with Crippen molar-refractivity contribution in [3.8, 4) is 5.75 Å². The fraction of sp³-hybridized carbons (Fsp3) is 0.267. The summed E-state index contributed by atoms with van der Waals surface area (Å²) in [5.41, 5.74) is 1.98. The Morgan fingerprint density at radius 2 is 2.20 bits per heavy atom. The van der Waals surface area contributed by atoms with Gasteiger partial charge in [-0.2, -0.15) is 0 Å². The largest absolute Gasteiger partial charge is 0.491 e. The number of aryl methyl sites for hydroxylation is 1. The van der Waals surface area contributed by atoms with Crippen LogP contribution in [0.5, 0.6) is 5.75 Å². The average Bonchev–Trinajstić information content (AvgIpc) is 2.85. The molecule has 1 aromatic heterocycles. The molecule has 0 unspecified atom stereocenters. The van der Waals surface area contributed by atoms with Crippen molar-refractivity contribution in [1.29, 1.82) is 0 Å². The first-order valence-corrected chi connectivity index (χ1v) is 6.77. The van der Waals surface area contributed by atoms with Gasteiger partial charge in [0.25, 0.3) is 5.91 Å². The lowest BCUT2D eigenvalue weighted by molar-refractivity contribution is 0.102. The summed E-state index contributed by atoms with van der Waals surface area (Å²) in [4.78, 5) is 12.1. The lowest BCUT2D eigenvalue weighted by Crippen LogP contribution is -2.12. The van der Waals surface area contributed by atoms with Gasteiger partial charge in [0.05, 0.1) is 24.1 Å². The van der Waals surface area contributed by atoms with Crippen molar-refractivity contribution >= 4 is 23.2 Å². The van der Waals surface area contributed by atoms with Gasteiger partial charge in [-0.3, -0.25) is 4.79 Å². The molecule has 2 rings (SSSR count). The number of nitrogens with one attached hydrogen (secondary N) is 1. The van der Waals surface area contributed by atoms with E-state index in [1.807, 2.05) is 32.0 Å². The third kappa shape index (κ3) is 3.33. The Labute approximate surface area is 122 Å². The number of halogens is 1. The Morgan fingerprint density at radius 3 is 2.85 bits per heavy atom. The minimum Gasteiger partial charge on any atom is -0.491 e. The molecule has 0 saturated heterocycles. The molecule has 0 fully saturated rings. The van der Waals surface area contributed by atoms with E-state index in [0.717, 1.165) is 12.0 Å². The molecule has 106 valence electrons. The quantitative estimate of drug-likeness (QED) is 0.895. The number of hydrogen-bond acceptors (Lipinski definition) is 3. The number of ether oxygens (including phenoxy) is 1. The second-order valence-electron chi connectivity index (χ2n) is 4.41. The fourth-order valence-electron chi connectivity index (χ4n) is 1.71. The van der Waals surface area contributed by atoms with Crippen LogP contribution in [0, 0.1) is 6.92 Å². The molecule has 1 N–H and O–H groups in total. The van der Waals surface area contributed by atoms with E-state index in [2.05, 4.69) is 5.32 Å². The van der Waals surface area contributed by atoms with Crippen LogP contribution in [-0.2, 0) is 0 Å². The first-order chi connectivity index (χ1) is 9.61. The maximum absolute atomic E-state index is 12.1. The molecule has 1 heterocycles. The summed E-state index contributed by atoms with van der Waals surface area (Å²) in [5, 5.41) is 2.86. The highest BCUT2D eigenvalue weighted by Crippen LogP contribution is 2.27. The number of furan rings is 1. The fourth-order valence-corrected chi connectivity index (χ4v) is 1.91. The minimum absolute atomic E-state index is 0.0747. The molecule has 0 aliphatic carbocycles. The van der Waals surface area contributed by atoms with Crippen LogP contribution in [0.3, 0.4) is 0 Å². The molecular weight excluding hydrogens is 278 g/mol. The minimum atomic E-state index is -0.325. The Kier molecular flexibility index (Phi) is 4.69. The van der Waals surface area contributed by atoms with Crippen molar-refractivity contribution in [2.75, 3.05) is 11.9 Å². The molecule has 5 heteroatoms. The highest BCUT2D eigenvalue weighted by atomic mass is 35.5. The Hall–Kier alpha value is -1.94. The molecule has 0 bridgehead atoms. The molecule has 4 nitrogen and oxygen atoms in total. The summed E-state index contributed by atoms with van der Waals surface area (Å²) in [6.45, 7) is 4.59. The van der Waals surface area contributed by atoms with Crippen LogP contribution in [0.1, 0.15) is 29.3 Å². The lowest BCUT2D eigenvalue weighted by Gasteiger charge is -2.12. The van der Waals surface area contributed by atoms with Crippen molar-refractivity contribution in [3.05, 3.63) is 46.9 Å². The summed E-state index contributed by atoms with van der Waals surface area (Å²) in [5.74, 6) is 0.328. The van der Waals surface area contributed by atoms with Gasteiger partial charge >= 0.3 is 0 Å². The van der Waals surface area contributed by atoms with Gasteiger partial charge in [-0.25, -0.2) is 0 Å². The average molecular weight is 294 g/mol. The first kappa shape index (κ1) is 14.5. The summed E-state index contributed by atoms with van der Waals surface area (Å²) < 4.78 is 10.6. The van der Waals surface area contributed by atoms with Crippen molar-refractivity contribution in [3.63, 3.8) is 0 Å². The zero-order chi connectivity index (χ0) is 14.5. The number of amides is 1. The van der Waals surface area contributed by atoms with Crippen LogP contribution in [0.2, 0.25) is 5.22 Å². The van der Waals surface area contributed by atoms with Crippen LogP contribution in [0.25, 0.3) is 0 Å². The smallest absolute Gasteiger partial charge is 0.260 e. The number of rotatable bonds is 5. The van der Waals surface area contributed by atoms with E-state index in [9.17, 15) is 4.79 Å². The van der Waals surface area contributed by atoms with E-state index >= 15 is 0 Å². The zero-order valence-corrected chi connectivity index (χ0v) is 12.2. The topological polar surface area (TPSA) is 51.5 Å². The maximum atomic E-state index is 12.1. The van der Waals surface area contributed by atoms with Crippen LogP contribution in [0.15, 0.2) is 34.9 Å². The van der Waals surface area contributed by atoms with Gasteiger partial charge in [0.15, 0.2) is 0 Å². The van der Waals surface area contributed by atoms with Gasteiger partial charge in [-0.1, -0.05) is 13.0 Å². The molecule has 1 amide bonds. The Bertz CT molecular complexity index is 607. The third-order valence-electron chi connectivity index (χ3n) is 2.71. The van der Waals surface area contributed by atoms with Gasteiger partial charge in [0, 0.05) is 0 Å². The molecule has 0 saturated carbocycles. The third-order valence-corrected chi connectivity index (χ3v) is 3.00. The first-order valence-electron chi connectivity index (χ1n) is 6.39. The van der Waals surface area contributed by atoms with E-state index in [1.165, 1.54) is 12.3 Å². The lowest BCUT2D eigenvalue weighted by atomic mass is 10.2. The highest BCUT2D eigenvalue weighted by Gasteiger charge is 2.15. The van der Waals surface area contributed by atoms with Gasteiger partial charge in [0.1, 0.15) is 5.75 Å². The monoisotopic (exact) mass is 293 g/mol. The molecule has 0 atom stereocenters. The summed E-state index contributed by atoms with van der Waals surface area (Å²) in [7, 11) is 0. The second-order valence-corrected chi connectivity index (χ2v) is 4.75. The number of anilines is 1. The number of carbonyl (C=O) groups is 1. The molecule has 0 radical (unpaired) electrons. The molecule has 0 aliphatic heterocycles. The van der Waals surface area contributed by atoms with Gasteiger partial charge in [0.2, 0.25) is 5.22 Å². The van der Waals surface area contributed by atoms with E-state index in [4.69, 9.17) is 20.8 Å². The number of hydrogen-bond donors (Lipinski definition) is 1. The summed E-state index contributed by atoms with van der Waals surface area (Å²) in [6, 6.07) is 7.14. The van der Waals surface area contributed by atoms with Crippen molar-refractivity contribution < 1.29 is 13.9 Å². The molecule has 1 aromatic carbocycles. The van der Waals surface area contributed by atoms with Crippen LogP contribution in [0.4, 0.5) is 5.69 Å². The normalized spacial score (nSPS) is 10.3. The highest BCUT2D eigenvalue weighted by molar-refractivity contribution is 6.32. The Balaban J connectivity index is 2.20. The molecule has 20 heavy (non-hydrogen) atoms. The Morgan fingerprint density at radius 1 is 1.40 bits per heavy atom. The van der Waals surface area contributed by atoms with E-state index in [-0.39, 0.29) is 11.1 Å². The molecule has 0 spiro atoms. The molecular formula is C15H16ClNO3. The van der Waals surface area contributed by atoms with E-state index in [1.54, 1.807) is 0 Å². The van der Waals surface area contributed by atoms with Crippen LogP contribution < -0.4 is 10.1 Å². The predicted octanol–water partition coefficient (Wildman–Crippen LogP) is 4.28. The SMILES string of the molecule is CCCOc1cc(C)ccc1NC(=O)c1ccoc1Cl. The van der Waals surface area contributed by atoms with E-state index in [0.29, 0.717) is 23.6 Å². The van der Waals surface area contributed by atoms with Gasteiger partial charge in [-0.05, 0) is 48.7 Å². The summed E-state index contributed by atoms with van der Waals surface area (Å²) >= 11 is 5.79. The zero-order valence-electron chi connectivity index (χ0n) is 11.4. The van der Waals surface area contributed by atoms with Gasteiger partial charge in [-0.15, -0.1) is 0 Å². The van der Waals surface area contributed by atoms with Gasteiger partial charge < -0.3 is 14.5 Å². The number of carbonyl (C=O) groups excluding carboxylic acids is 1. The predicted molar refractivity (Wildman–Crippen MR) is 78.6 cm³/mol. The van der Waals surface area contributed by atoms with Crippen LogP contribution in [-0.4, -0.2) is 12.5 Å². The van der Waals surface area contributed by atoms with Crippen molar-refractivity contribution in [2.45, 2.75) is 20.3 Å².